The van der Waals surface area contributed by atoms with E-state index in [0.29, 0.717) is 22.2 Å². The number of anilines is 1. The van der Waals surface area contributed by atoms with Crippen molar-refractivity contribution in [3.8, 4) is 11.5 Å². The second kappa shape index (κ2) is 8.88. The van der Waals surface area contributed by atoms with E-state index < -0.39 is 10.0 Å². The molecule has 0 aliphatic carbocycles. The molecule has 0 saturated carbocycles. The number of rotatable bonds is 8. The molecule has 0 bridgehead atoms. The molecule has 2 N–H and O–H groups in total. The van der Waals surface area contributed by atoms with Gasteiger partial charge in [0, 0.05) is 24.1 Å². The highest BCUT2D eigenvalue weighted by Gasteiger charge is 2.15. The van der Waals surface area contributed by atoms with E-state index in [1.54, 1.807) is 18.2 Å². The fourth-order valence-corrected chi connectivity index (χ4v) is 3.28. The number of benzene rings is 2. The third-order valence-electron chi connectivity index (χ3n) is 3.45. The van der Waals surface area contributed by atoms with E-state index in [4.69, 9.17) is 21.1 Å². The van der Waals surface area contributed by atoms with Crippen LogP contribution in [0.2, 0.25) is 5.02 Å². The van der Waals surface area contributed by atoms with Crippen molar-refractivity contribution in [1.82, 2.24) is 4.72 Å². The van der Waals surface area contributed by atoms with Crippen LogP contribution >= 0.6 is 11.6 Å². The summed E-state index contributed by atoms with van der Waals surface area (Å²) in [6, 6.07) is 10.7. The van der Waals surface area contributed by atoms with Gasteiger partial charge >= 0.3 is 0 Å². The van der Waals surface area contributed by atoms with Gasteiger partial charge in [-0.15, -0.1) is 0 Å². The Hall–Kier alpha value is -2.29. The van der Waals surface area contributed by atoms with Crippen LogP contribution < -0.4 is 19.5 Å². The van der Waals surface area contributed by atoms with Gasteiger partial charge in [-0.1, -0.05) is 11.6 Å². The molecule has 0 fully saturated rings. The predicted molar refractivity (Wildman–Crippen MR) is 99.4 cm³/mol. The first-order chi connectivity index (χ1) is 12.4. The maximum atomic E-state index is 12.1. The number of halogens is 1. The summed E-state index contributed by atoms with van der Waals surface area (Å²) in [5.41, 5.74) is 0.442. The first-order valence-electron chi connectivity index (χ1n) is 7.63. The van der Waals surface area contributed by atoms with Crippen molar-refractivity contribution in [3.05, 3.63) is 47.5 Å². The third-order valence-corrected chi connectivity index (χ3v) is 5.18. The first-order valence-corrected chi connectivity index (χ1v) is 9.49. The second-order valence-corrected chi connectivity index (χ2v) is 7.42. The van der Waals surface area contributed by atoms with Gasteiger partial charge in [0.25, 0.3) is 0 Å². The van der Waals surface area contributed by atoms with Crippen molar-refractivity contribution in [2.75, 3.05) is 26.1 Å². The maximum Gasteiger partial charge on any atom is 0.240 e. The maximum absolute atomic E-state index is 12.1. The van der Waals surface area contributed by atoms with Crippen LogP contribution in [-0.2, 0) is 14.8 Å². The van der Waals surface area contributed by atoms with E-state index in [1.807, 2.05) is 0 Å². The molecule has 0 radical (unpaired) electrons. The summed E-state index contributed by atoms with van der Waals surface area (Å²) in [5, 5.41) is 3.11. The number of carbonyl (C=O) groups excluding carboxylic acids is 1. The molecule has 1 amide bonds. The standard InChI is InChI=1S/C17H19ClN2O5S/c1-24-13-5-8-16(25-2)15(11-13)20-17(21)9-10-19-26(22,23)14-6-3-12(18)4-7-14/h3-8,11,19H,9-10H2,1-2H3,(H,20,21). The number of methoxy groups -OCH3 is 2. The SMILES string of the molecule is COc1ccc(OC)c(NC(=O)CCNS(=O)(=O)c2ccc(Cl)cc2)c1. The molecule has 7 nitrogen and oxygen atoms in total. The summed E-state index contributed by atoms with van der Waals surface area (Å²) in [4.78, 5) is 12.2. The predicted octanol–water partition coefficient (Wildman–Crippen LogP) is 2.66. The number of carbonyl (C=O) groups is 1. The molecule has 0 aliphatic heterocycles. The molecular formula is C17H19ClN2O5S. The normalized spacial score (nSPS) is 11.0. The van der Waals surface area contributed by atoms with Crippen molar-refractivity contribution in [2.45, 2.75) is 11.3 Å². The first kappa shape index (κ1) is 20.0. The average molecular weight is 399 g/mol. The highest BCUT2D eigenvalue weighted by molar-refractivity contribution is 7.89. The lowest BCUT2D eigenvalue weighted by molar-refractivity contribution is -0.116. The lowest BCUT2D eigenvalue weighted by Crippen LogP contribution is -2.27. The Morgan fingerprint density at radius 2 is 1.77 bits per heavy atom. The Balaban J connectivity index is 1.94. The second-order valence-electron chi connectivity index (χ2n) is 5.22. The molecule has 0 spiro atoms. The molecule has 0 aromatic heterocycles. The summed E-state index contributed by atoms with van der Waals surface area (Å²) < 4.78 is 37.0. The number of hydrogen-bond acceptors (Lipinski definition) is 5. The van der Waals surface area contributed by atoms with Crippen molar-refractivity contribution >= 4 is 33.2 Å². The molecule has 140 valence electrons. The molecule has 0 saturated heterocycles. The van der Waals surface area contributed by atoms with Crippen LogP contribution in [0.5, 0.6) is 11.5 Å². The average Bonchev–Trinajstić information content (AvgIpc) is 2.61. The van der Waals surface area contributed by atoms with Gasteiger partial charge in [0.1, 0.15) is 11.5 Å². The van der Waals surface area contributed by atoms with Crippen LogP contribution in [0.3, 0.4) is 0 Å². The Kier molecular flexibility index (Phi) is 6.84. The molecule has 2 aromatic carbocycles. The van der Waals surface area contributed by atoms with Gasteiger partial charge in [-0.05, 0) is 36.4 Å². The molecule has 2 aromatic rings. The molecular weight excluding hydrogens is 380 g/mol. The van der Waals surface area contributed by atoms with Gasteiger partial charge in [-0.25, -0.2) is 13.1 Å². The lowest BCUT2D eigenvalue weighted by atomic mass is 10.2. The Morgan fingerprint density at radius 3 is 2.38 bits per heavy atom. The Morgan fingerprint density at radius 1 is 1.08 bits per heavy atom. The van der Waals surface area contributed by atoms with E-state index in [2.05, 4.69) is 10.0 Å². The number of amides is 1. The monoisotopic (exact) mass is 398 g/mol. The zero-order valence-corrected chi connectivity index (χ0v) is 15.9. The summed E-state index contributed by atoms with van der Waals surface area (Å²) in [5.74, 6) is 0.667. The molecule has 26 heavy (non-hydrogen) atoms. The quantitative estimate of drug-likeness (QED) is 0.713. The van der Waals surface area contributed by atoms with Crippen LogP contribution in [-0.4, -0.2) is 35.1 Å². The van der Waals surface area contributed by atoms with Crippen LogP contribution in [0.4, 0.5) is 5.69 Å². The summed E-state index contributed by atoms with van der Waals surface area (Å²) in [6.45, 7) is -0.0525. The van der Waals surface area contributed by atoms with Crippen LogP contribution in [0.1, 0.15) is 6.42 Å². The van der Waals surface area contributed by atoms with Crippen molar-refractivity contribution in [3.63, 3.8) is 0 Å². The minimum absolute atomic E-state index is 0.0484. The lowest BCUT2D eigenvalue weighted by Gasteiger charge is -2.12. The van der Waals surface area contributed by atoms with E-state index in [1.165, 1.54) is 38.5 Å². The summed E-state index contributed by atoms with van der Waals surface area (Å²) in [6.07, 6.45) is -0.0484. The summed E-state index contributed by atoms with van der Waals surface area (Å²) >= 11 is 5.74. The fourth-order valence-electron chi connectivity index (χ4n) is 2.12. The zero-order valence-electron chi connectivity index (χ0n) is 14.3. The van der Waals surface area contributed by atoms with Gasteiger partial charge in [0.2, 0.25) is 15.9 Å². The van der Waals surface area contributed by atoms with Gasteiger partial charge in [-0.2, -0.15) is 0 Å². The molecule has 2 rings (SSSR count). The van der Waals surface area contributed by atoms with Crippen LogP contribution in [0.15, 0.2) is 47.4 Å². The molecule has 0 unspecified atom stereocenters. The van der Waals surface area contributed by atoms with E-state index >= 15 is 0 Å². The van der Waals surface area contributed by atoms with Gasteiger partial charge in [0.05, 0.1) is 24.8 Å². The molecule has 0 atom stereocenters. The Bertz CT molecular complexity index is 869. The van der Waals surface area contributed by atoms with E-state index in [-0.39, 0.29) is 23.8 Å². The van der Waals surface area contributed by atoms with Gasteiger partial charge in [-0.3, -0.25) is 4.79 Å². The fraction of sp³-hybridized carbons (Fsp3) is 0.235. The van der Waals surface area contributed by atoms with Crippen molar-refractivity contribution in [1.29, 1.82) is 0 Å². The number of ether oxygens (including phenoxy) is 2. The van der Waals surface area contributed by atoms with Gasteiger partial charge in [0.15, 0.2) is 0 Å². The number of hydrogen-bond donors (Lipinski definition) is 2. The van der Waals surface area contributed by atoms with Crippen molar-refractivity contribution in [2.24, 2.45) is 0 Å². The van der Waals surface area contributed by atoms with Crippen molar-refractivity contribution < 1.29 is 22.7 Å². The zero-order chi connectivity index (χ0) is 19.2. The molecule has 9 heteroatoms. The minimum Gasteiger partial charge on any atom is -0.497 e. The summed E-state index contributed by atoms with van der Waals surface area (Å²) in [7, 11) is -0.706. The highest BCUT2D eigenvalue weighted by Crippen LogP contribution is 2.28. The topological polar surface area (TPSA) is 93.7 Å². The number of nitrogens with one attached hydrogen (secondary N) is 2. The minimum atomic E-state index is -3.70. The molecule has 0 heterocycles. The number of sulfonamides is 1. The van der Waals surface area contributed by atoms with Gasteiger partial charge < -0.3 is 14.8 Å². The van der Waals surface area contributed by atoms with Crippen LogP contribution in [0.25, 0.3) is 0 Å². The Labute approximate surface area is 157 Å². The largest absolute Gasteiger partial charge is 0.497 e. The third kappa shape index (κ3) is 5.35. The molecule has 0 aliphatic rings. The smallest absolute Gasteiger partial charge is 0.240 e. The van der Waals surface area contributed by atoms with E-state index in [9.17, 15) is 13.2 Å². The van der Waals surface area contributed by atoms with E-state index in [0.717, 1.165) is 0 Å². The highest BCUT2D eigenvalue weighted by atomic mass is 35.5. The van der Waals surface area contributed by atoms with Crippen LogP contribution in [0, 0.1) is 0 Å².